The van der Waals surface area contributed by atoms with Crippen molar-refractivity contribution in [3.05, 3.63) is 40.7 Å². The zero-order chi connectivity index (χ0) is 9.38. The van der Waals surface area contributed by atoms with Gasteiger partial charge in [0.25, 0.3) is 0 Å². The fraction of sp³-hybridized carbons (Fsp3) is 0.100. The minimum Gasteiger partial charge on any atom is -0.463 e. The van der Waals surface area contributed by atoms with Crippen LogP contribution in [0.25, 0.3) is 0 Å². The van der Waals surface area contributed by atoms with Crippen LogP contribution in [-0.2, 0) is 0 Å². The van der Waals surface area contributed by atoms with Gasteiger partial charge in [-0.15, -0.1) is 0 Å². The molecular weight excluding hydrogens is 178 g/mol. The molecule has 0 N–H and O–H groups in total. The topological polar surface area (TPSA) is 46.3 Å². The molecule has 4 heteroatoms. The summed E-state index contributed by atoms with van der Waals surface area (Å²) in [6.07, 6.45) is 5.25. The number of nitrogens with zero attached hydrogens (tertiary/aromatic N) is 3. The highest BCUT2D eigenvalue weighted by Crippen LogP contribution is 2.05. The van der Waals surface area contributed by atoms with Crippen LogP contribution < -0.4 is 15.5 Å². The lowest BCUT2D eigenvalue weighted by atomic mass is 10.2. The summed E-state index contributed by atoms with van der Waals surface area (Å²) in [4.78, 5) is 4.35. The summed E-state index contributed by atoms with van der Waals surface area (Å²) >= 11 is 0. The number of ether oxygens (including phenoxy) is 1. The number of hydrogen-bond donors (Lipinski definition) is 0. The van der Waals surface area contributed by atoms with Crippen molar-refractivity contribution in [2.45, 2.75) is 0 Å². The zero-order valence-corrected chi connectivity index (χ0v) is 7.34. The van der Waals surface area contributed by atoms with Gasteiger partial charge in [0.05, 0.1) is 24.4 Å². The fourth-order valence-corrected chi connectivity index (χ4v) is 1.45. The molecule has 4 nitrogen and oxygen atoms in total. The van der Waals surface area contributed by atoms with E-state index in [4.69, 9.17) is 4.74 Å². The van der Waals surface area contributed by atoms with Crippen LogP contribution in [0.5, 0.6) is 5.75 Å². The van der Waals surface area contributed by atoms with Crippen molar-refractivity contribution in [2.75, 3.05) is 6.54 Å². The van der Waals surface area contributed by atoms with Crippen molar-refractivity contribution in [1.29, 1.82) is 0 Å². The summed E-state index contributed by atoms with van der Waals surface area (Å²) < 4.78 is 5.38. The van der Waals surface area contributed by atoms with Gasteiger partial charge in [-0.2, -0.15) is 10.2 Å². The Hall–Kier alpha value is -1.97. The molecule has 0 radical (unpaired) electrons. The SMILES string of the molecule is C1=COc2cc3c(cc2=NC1)C=NN=3. The standard InChI is InChI=1S/C10H7N3O/c1-2-11-9-4-7-6-12-13-8(7)5-10(9)14-3-1/h1,3-6H,2H2. The molecule has 0 aromatic heterocycles. The average Bonchev–Trinajstić information content (AvgIpc) is 2.51. The number of fused-ring (bicyclic) bond motifs is 2. The van der Waals surface area contributed by atoms with Gasteiger partial charge < -0.3 is 4.74 Å². The summed E-state index contributed by atoms with van der Waals surface area (Å²) in [5, 5.41) is 9.49. The van der Waals surface area contributed by atoms with Crippen molar-refractivity contribution >= 4 is 6.21 Å². The van der Waals surface area contributed by atoms with Gasteiger partial charge in [0.2, 0.25) is 0 Å². The largest absolute Gasteiger partial charge is 0.463 e. The molecule has 0 atom stereocenters. The van der Waals surface area contributed by atoms with Crippen molar-refractivity contribution < 1.29 is 4.74 Å². The quantitative estimate of drug-likeness (QED) is 0.568. The molecular formula is C10H7N3O. The Kier molecular flexibility index (Phi) is 1.47. The van der Waals surface area contributed by atoms with Gasteiger partial charge in [0, 0.05) is 11.6 Å². The van der Waals surface area contributed by atoms with Crippen LogP contribution in [0.3, 0.4) is 0 Å². The minimum atomic E-state index is 0.653. The first-order valence-corrected chi connectivity index (χ1v) is 4.35. The Balaban J connectivity index is 2.32. The Morgan fingerprint density at radius 2 is 2.21 bits per heavy atom. The van der Waals surface area contributed by atoms with E-state index in [1.807, 2.05) is 18.2 Å². The van der Waals surface area contributed by atoms with E-state index in [0.29, 0.717) is 6.54 Å². The van der Waals surface area contributed by atoms with Crippen LogP contribution in [0.2, 0.25) is 0 Å². The summed E-state index contributed by atoms with van der Waals surface area (Å²) in [6.45, 7) is 0.653. The maximum atomic E-state index is 5.38. The van der Waals surface area contributed by atoms with Gasteiger partial charge in [-0.05, 0) is 12.1 Å². The summed E-state index contributed by atoms with van der Waals surface area (Å²) in [6, 6.07) is 3.80. The van der Waals surface area contributed by atoms with Crippen LogP contribution in [0.4, 0.5) is 0 Å². The van der Waals surface area contributed by atoms with E-state index >= 15 is 0 Å². The second-order valence-corrected chi connectivity index (χ2v) is 3.05. The Morgan fingerprint density at radius 1 is 1.21 bits per heavy atom. The molecule has 0 bridgehead atoms. The molecule has 0 fully saturated rings. The fourth-order valence-electron chi connectivity index (χ4n) is 1.45. The van der Waals surface area contributed by atoms with E-state index in [9.17, 15) is 0 Å². The van der Waals surface area contributed by atoms with E-state index in [-0.39, 0.29) is 0 Å². The Bertz CT molecular complexity index is 557. The van der Waals surface area contributed by atoms with Gasteiger partial charge in [-0.3, -0.25) is 4.99 Å². The molecule has 0 unspecified atom stereocenters. The van der Waals surface area contributed by atoms with E-state index in [0.717, 1.165) is 22.0 Å². The number of rotatable bonds is 0. The highest BCUT2D eigenvalue weighted by atomic mass is 16.5. The summed E-state index contributed by atoms with van der Waals surface area (Å²) in [5.74, 6) is 0.742. The summed E-state index contributed by atoms with van der Waals surface area (Å²) in [5.41, 5.74) is 0.998. The average molecular weight is 185 g/mol. The molecule has 0 aliphatic carbocycles. The van der Waals surface area contributed by atoms with Crippen LogP contribution in [0.15, 0.2) is 39.7 Å². The van der Waals surface area contributed by atoms with Crippen molar-refractivity contribution in [3.8, 4) is 5.75 Å². The molecule has 0 saturated heterocycles. The lowest BCUT2D eigenvalue weighted by molar-refractivity contribution is 0.476. The lowest BCUT2D eigenvalue weighted by Crippen LogP contribution is -2.15. The van der Waals surface area contributed by atoms with Gasteiger partial charge in [0.1, 0.15) is 5.36 Å². The Labute approximate surface area is 80.0 Å². The van der Waals surface area contributed by atoms with Crippen LogP contribution in [-0.4, -0.2) is 12.8 Å². The molecule has 2 heterocycles. The van der Waals surface area contributed by atoms with E-state index in [1.54, 1.807) is 12.5 Å². The molecule has 0 spiro atoms. The van der Waals surface area contributed by atoms with Crippen molar-refractivity contribution in [1.82, 2.24) is 0 Å². The predicted molar refractivity (Wildman–Crippen MR) is 51.0 cm³/mol. The molecule has 2 aliphatic heterocycles. The smallest absolute Gasteiger partial charge is 0.153 e. The third-order valence-electron chi connectivity index (χ3n) is 2.13. The summed E-state index contributed by atoms with van der Waals surface area (Å²) in [7, 11) is 0. The van der Waals surface area contributed by atoms with E-state index in [1.165, 1.54) is 0 Å². The van der Waals surface area contributed by atoms with E-state index in [2.05, 4.69) is 15.2 Å². The van der Waals surface area contributed by atoms with Crippen LogP contribution >= 0.6 is 0 Å². The highest BCUT2D eigenvalue weighted by Gasteiger charge is 2.06. The van der Waals surface area contributed by atoms with Gasteiger partial charge in [-0.1, -0.05) is 0 Å². The molecule has 14 heavy (non-hydrogen) atoms. The first kappa shape index (κ1) is 7.44. The third-order valence-corrected chi connectivity index (χ3v) is 2.13. The van der Waals surface area contributed by atoms with Gasteiger partial charge in [0.15, 0.2) is 5.75 Å². The molecule has 1 aromatic carbocycles. The number of hydrogen-bond acceptors (Lipinski definition) is 4. The van der Waals surface area contributed by atoms with Gasteiger partial charge in [-0.25, -0.2) is 0 Å². The molecule has 0 amide bonds. The highest BCUT2D eigenvalue weighted by molar-refractivity contribution is 5.80. The van der Waals surface area contributed by atoms with Crippen molar-refractivity contribution in [3.63, 3.8) is 0 Å². The minimum absolute atomic E-state index is 0.653. The first-order chi connectivity index (χ1) is 6.93. The van der Waals surface area contributed by atoms with Crippen LogP contribution in [0, 0.1) is 0 Å². The molecule has 0 saturated carbocycles. The molecule has 3 rings (SSSR count). The molecule has 1 aromatic rings. The van der Waals surface area contributed by atoms with E-state index < -0.39 is 0 Å². The van der Waals surface area contributed by atoms with Crippen molar-refractivity contribution in [2.24, 2.45) is 15.2 Å². The number of benzene rings is 1. The van der Waals surface area contributed by atoms with Gasteiger partial charge >= 0.3 is 0 Å². The zero-order valence-electron chi connectivity index (χ0n) is 7.34. The second kappa shape index (κ2) is 2.77. The molecule has 2 aliphatic rings. The predicted octanol–water partition coefficient (Wildman–Crippen LogP) is 0.179. The maximum absolute atomic E-state index is 5.38. The lowest BCUT2D eigenvalue weighted by Gasteiger charge is -1.98. The normalized spacial score (nSPS) is 16.0. The second-order valence-electron chi connectivity index (χ2n) is 3.05. The Morgan fingerprint density at radius 3 is 3.21 bits per heavy atom. The first-order valence-electron chi connectivity index (χ1n) is 4.35. The monoisotopic (exact) mass is 185 g/mol. The van der Waals surface area contributed by atoms with Crippen LogP contribution in [0.1, 0.15) is 5.56 Å². The maximum Gasteiger partial charge on any atom is 0.153 e. The molecule has 68 valence electrons. The third kappa shape index (κ3) is 1.04.